The highest BCUT2D eigenvalue weighted by atomic mass is 16.3. The Balaban J connectivity index is 1.67. The Morgan fingerprint density at radius 3 is 2.46 bits per heavy atom. The zero-order chi connectivity index (χ0) is 17.3. The molecule has 136 valence electrons. The fourth-order valence-corrected chi connectivity index (χ4v) is 8.17. The average Bonchev–Trinajstić information content (AvgIpc) is 2.81. The van der Waals surface area contributed by atoms with E-state index in [0.29, 0.717) is 29.0 Å². The van der Waals surface area contributed by atoms with Crippen LogP contribution in [-0.2, 0) is 4.79 Å². The molecule has 4 fully saturated rings. The lowest BCUT2D eigenvalue weighted by molar-refractivity contribution is -0.168. The summed E-state index contributed by atoms with van der Waals surface area (Å²) < 4.78 is 0. The zero-order valence-corrected chi connectivity index (χ0v) is 16.1. The summed E-state index contributed by atoms with van der Waals surface area (Å²) in [5.41, 5.74) is 0.0411. The number of carbonyl (C=O) groups excluding carboxylic acids is 1. The van der Waals surface area contributed by atoms with Gasteiger partial charge in [-0.25, -0.2) is 0 Å². The van der Waals surface area contributed by atoms with Gasteiger partial charge in [-0.15, -0.1) is 0 Å². The molecule has 0 aromatic rings. The number of ketones is 1. The minimum atomic E-state index is -0.436. The third-order valence-electron chi connectivity index (χ3n) is 9.94. The molecule has 24 heavy (non-hydrogen) atoms. The molecule has 1 N–H and O–H groups in total. The topological polar surface area (TPSA) is 37.3 Å². The van der Waals surface area contributed by atoms with E-state index in [1.54, 1.807) is 0 Å². The fourth-order valence-electron chi connectivity index (χ4n) is 8.17. The van der Waals surface area contributed by atoms with Gasteiger partial charge >= 0.3 is 0 Å². The smallest absolute Gasteiger partial charge is 0.133 e. The molecule has 0 saturated heterocycles. The van der Waals surface area contributed by atoms with E-state index in [1.807, 2.05) is 0 Å². The standard InChI is InChI=1S/C22H36O2/c1-5-22(24)11-9-18-17-7-6-15-13-16(23)12-14(2)21(15,4)19(17)8-10-20(18,22)3/h14-15,17-19,24H,5-13H2,1-4H3/t14?,15?,17-,18-,19+,20-,21-,22?/m0/s1. The molecular weight excluding hydrogens is 296 g/mol. The molecule has 8 atom stereocenters. The highest BCUT2D eigenvalue weighted by molar-refractivity contribution is 5.80. The molecule has 0 amide bonds. The first-order valence-electron chi connectivity index (χ1n) is 10.5. The molecule has 0 radical (unpaired) electrons. The van der Waals surface area contributed by atoms with E-state index in [-0.39, 0.29) is 5.41 Å². The van der Waals surface area contributed by atoms with Gasteiger partial charge in [0.2, 0.25) is 0 Å². The Bertz CT molecular complexity index is 542. The number of carbonyl (C=O) groups is 1. The Hall–Kier alpha value is -0.370. The minimum absolute atomic E-state index is 0.125. The Morgan fingerprint density at radius 1 is 1.04 bits per heavy atom. The predicted molar refractivity (Wildman–Crippen MR) is 96.5 cm³/mol. The maximum Gasteiger partial charge on any atom is 0.133 e. The Kier molecular flexibility index (Phi) is 3.78. The molecule has 2 nitrogen and oxygen atoms in total. The van der Waals surface area contributed by atoms with Crippen molar-refractivity contribution >= 4 is 5.78 Å². The first kappa shape index (κ1) is 17.1. The molecule has 0 aromatic heterocycles. The van der Waals surface area contributed by atoms with E-state index in [0.717, 1.165) is 37.5 Å². The van der Waals surface area contributed by atoms with Gasteiger partial charge < -0.3 is 5.11 Å². The van der Waals surface area contributed by atoms with Crippen molar-refractivity contribution < 1.29 is 9.90 Å². The molecule has 0 heterocycles. The lowest BCUT2D eigenvalue weighted by Crippen LogP contribution is -2.58. The van der Waals surface area contributed by atoms with Crippen LogP contribution < -0.4 is 0 Å². The third-order valence-corrected chi connectivity index (χ3v) is 9.94. The summed E-state index contributed by atoms with van der Waals surface area (Å²) in [6, 6.07) is 0. The van der Waals surface area contributed by atoms with Gasteiger partial charge in [0.1, 0.15) is 5.78 Å². The van der Waals surface area contributed by atoms with Crippen LogP contribution in [0.25, 0.3) is 0 Å². The highest BCUT2D eigenvalue weighted by Gasteiger charge is 2.64. The largest absolute Gasteiger partial charge is 0.389 e. The number of aliphatic hydroxyl groups is 1. The molecule has 4 rings (SSSR count). The first-order valence-corrected chi connectivity index (χ1v) is 10.5. The van der Waals surface area contributed by atoms with Crippen LogP contribution in [0.3, 0.4) is 0 Å². The quantitative estimate of drug-likeness (QED) is 0.735. The monoisotopic (exact) mass is 332 g/mol. The minimum Gasteiger partial charge on any atom is -0.389 e. The van der Waals surface area contributed by atoms with E-state index in [9.17, 15) is 9.90 Å². The number of hydrogen-bond acceptors (Lipinski definition) is 2. The van der Waals surface area contributed by atoms with Gasteiger partial charge in [-0.1, -0.05) is 27.7 Å². The predicted octanol–water partition coefficient (Wildman–Crippen LogP) is 4.99. The van der Waals surface area contributed by atoms with Crippen LogP contribution >= 0.6 is 0 Å². The molecular formula is C22H36O2. The van der Waals surface area contributed by atoms with Crippen molar-refractivity contribution in [3.05, 3.63) is 0 Å². The van der Waals surface area contributed by atoms with Crippen LogP contribution in [0.4, 0.5) is 0 Å². The zero-order valence-electron chi connectivity index (χ0n) is 16.1. The van der Waals surface area contributed by atoms with E-state index in [2.05, 4.69) is 27.7 Å². The lowest BCUT2D eigenvalue weighted by Gasteiger charge is -2.62. The maximum atomic E-state index is 12.2. The lowest BCUT2D eigenvalue weighted by atomic mass is 9.42. The van der Waals surface area contributed by atoms with Crippen LogP contribution in [-0.4, -0.2) is 16.5 Å². The van der Waals surface area contributed by atoms with E-state index < -0.39 is 5.60 Å². The normalized spacial score (nSPS) is 57.2. The van der Waals surface area contributed by atoms with Crippen molar-refractivity contribution in [3.8, 4) is 0 Å². The maximum absolute atomic E-state index is 12.2. The van der Waals surface area contributed by atoms with E-state index in [4.69, 9.17) is 0 Å². The van der Waals surface area contributed by atoms with Crippen molar-refractivity contribution in [3.63, 3.8) is 0 Å². The summed E-state index contributed by atoms with van der Waals surface area (Å²) >= 11 is 0. The molecule has 0 aliphatic heterocycles. The SMILES string of the molecule is CCC1(O)CC[C@H]2[C@@H]3CCC4CC(=O)CC(C)[C@]4(C)[C@@H]3CC[C@@]21C. The number of fused-ring (bicyclic) bond motifs is 5. The number of hydrogen-bond donors (Lipinski definition) is 1. The van der Waals surface area contributed by atoms with Crippen LogP contribution in [0.2, 0.25) is 0 Å². The summed E-state index contributed by atoms with van der Waals surface area (Å²) in [6.07, 6.45) is 9.76. The first-order chi connectivity index (χ1) is 11.3. The molecule has 4 aliphatic rings. The van der Waals surface area contributed by atoms with Crippen LogP contribution in [0.5, 0.6) is 0 Å². The second kappa shape index (κ2) is 5.32. The van der Waals surface area contributed by atoms with E-state index >= 15 is 0 Å². The molecule has 0 aromatic carbocycles. The van der Waals surface area contributed by atoms with Crippen LogP contribution in [0.1, 0.15) is 85.5 Å². The van der Waals surface area contributed by atoms with Gasteiger partial charge in [0.15, 0.2) is 0 Å². The fraction of sp³-hybridized carbons (Fsp3) is 0.955. The van der Waals surface area contributed by atoms with Gasteiger partial charge in [0.05, 0.1) is 5.60 Å². The Labute approximate surface area is 147 Å². The molecule has 0 bridgehead atoms. The average molecular weight is 333 g/mol. The van der Waals surface area contributed by atoms with Crippen molar-refractivity contribution in [1.82, 2.24) is 0 Å². The highest BCUT2D eigenvalue weighted by Crippen LogP contribution is 2.69. The second-order valence-corrected chi connectivity index (χ2v) is 10.2. The van der Waals surface area contributed by atoms with Crippen LogP contribution in [0.15, 0.2) is 0 Å². The van der Waals surface area contributed by atoms with Gasteiger partial charge in [0, 0.05) is 12.8 Å². The second-order valence-electron chi connectivity index (χ2n) is 10.2. The van der Waals surface area contributed by atoms with Crippen molar-refractivity contribution in [2.24, 2.45) is 40.4 Å². The van der Waals surface area contributed by atoms with Gasteiger partial charge in [0.25, 0.3) is 0 Å². The summed E-state index contributed by atoms with van der Waals surface area (Å²) in [5, 5.41) is 11.3. The van der Waals surface area contributed by atoms with Crippen LogP contribution in [0, 0.1) is 40.4 Å². The molecule has 4 saturated carbocycles. The van der Waals surface area contributed by atoms with Crippen molar-refractivity contribution in [2.75, 3.05) is 0 Å². The summed E-state index contributed by atoms with van der Waals surface area (Å²) in [7, 11) is 0. The number of rotatable bonds is 1. The number of Topliss-reactive ketones (excluding diaryl/α,β-unsaturated/α-hetero) is 1. The molecule has 3 unspecified atom stereocenters. The molecule has 0 spiro atoms. The molecule has 2 heteroatoms. The van der Waals surface area contributed by atoms with Gasteiger partial charge in [-0.05, 0) is 85.4 Å². The summed E-state index contributed by atoms with van der Waals surface area (Å²) in [6.45, 7) is 9.44. The van der Waals surface area contributed by atoms with Gasteiger partial charge in [-0.3, -0.25) is 4.79 Å². The summed E-state index contributed by atoms with van der Waals surface area (Å²) in [4.78, 5) is 12.2. The van der Waals surface area contributed by atoms with Crippen molar-refractivity contribution in [1.29, 1.82) is 0 Å². The third kappa shape index (κ3) is 1.95. The van der Waals surface area contributed by atoms with E-state index in [1.165, 1.54) is 32.1 Å². The Morgan fingerprint density at radius 2 is 1.75 bits per heavy atom. The van der Waals surface area contributed by atoms with Gasteiger partial charge in [-0.2, -0.15) is 0 Å². The van der Waals surface area contributed by atoms with Crippen molar-refractivity contribution in [2.45, 2.75) is 91.1 Å². The summed E-state index contributed by atoms with van der Waals surface area (Å²) in [5.74, 6) is 3.91. The molecule has 4 aliphatic carbocycles.